The van der Waals surface area contributed by atoms with Gasteiger partial charge in [-0.25, -0.2) is 0 Å². The third-order valence-corrected chi connectivity index (χ3v) is 14.8. The Bertz CT molecular complexity index is 1080. The lowest BCUT2D eigenvalue weighted by molar-refractivity contribution is -0.117. The predicted molar refractivity (Wildman–Crippen MR) is 178 cm³/mol. The van der Waals surface area contributed by atoms with Crippen LogP contribution in [0.15, 0.2) is 24.3 Å². The molecule has 0 N–H and O–H groups in total. The van der Waals surface area contributed by atoms with Gasteiger partial charge in [-0.3, -0.25) is 0 Å². The van der Waals surface area contributed by atoms with Crippen LogP contribution < -0.4 is 5.46 Å². The van der Waals surface area contributed by atoms with Crippen LogP contribution in [0, 0.1) is 52.3 Å². The summed E-state index contributed by atoms with van der Waals surface area (Å²) in [6, 6.07) is 9.35. The summed E-state index contributed by atoms with van der Waals surface area (Å²) >= 11 is 0. The summed E-state index contributed by atoms with van der Waals surface area (Å²) in [6.45, 7) is 21.5. The van der Waals surface area contributed by atoms with Crippen LogP contribution in [0.5, 0.6) is 0 Å². The van der Waals surface area contributed by atoms with Gasteiger partial charge >= 0.3 is 7.12 Å². The maximum Gasteiger partial charge on any atom is 0.494 e. The molecule has 1 saturated heterocycles. The fourth-order valence-electron chi connectivity index (χ4n) is 11.5. The Balaban J connectivity index is 1.09. The summed E-state index contributed by atoms with van der Waals surface area (Å²) in [5.41, 5.74) is 3.30. The molecule has 0 bridgehead atoms. The van der Waals surface area contributed by atoms with E-state index in [2.05, 4.69) is 86.6 Å². The van der Waals surface area contributed by atoms with Gasteiger partial charge in [0.25, 0.3) is 0 Å². The van der Waals surface area contributed by atoms with Gasteiger partial charge in [-0.1, -0.05) is 78.1 Å². The third-order valence-electron chi connectivity index (χ3n) is 14.8. The van der Waals surface area contributed by atoms with Crippen LogP contribution >= 0.6 is 0 Å². The highest BCUT2D eigenvalue weighted by atomic mass is 16.7. The monoisotopic (exact) mass is 574 g/mol. The molecule has 0 aromatic heterocycles. The first-order valence-electron chi connectivity index (χ1n) is 18.2. The van der Waals surface area contributed by atoms with Gasteiger partial charge in [0.15, 0.2) is 0 Å². The summed E-state index contributed by atoms with van der Waals surface area (Å²) in [4.78, 5) is 0. The molecule has 1 aromatic carbocycles. The van der Waals surface area contributed by atoms with Crippen LogP contribution in [0.2, 0.25) is 0 Å². The molecule has 4 aliphatic carbocycles. The van der Waals surface area contributed by atoms with E-state index >= 15 is 0 Å². The van der Waals surface area contributed by atoms with Crippen LogP contribution in [0.4, 0.5) is 0 Å². The molecular weight excluding hydrogens is 511 g/mol. The average Bonchev–Trinajstić information content (AvgIpc) is 3.39. The fraction of sp³-hybridized carbons (Fsp3) is 0.846. The minimum Gasteiger partial charge on any atom is -0.399 e. The van der Waals surface area contributed by atoms with Crippen molar-refractivity contribution in [3.8, 4) is 0 Å². The van der Waals surface area contributed by atoms with E-state index in [1.807, 2.05) is 0 Å². The zero-order valence-corrected chi connectivity index (χ0v) is 28.8. The van der Waals surface area contributed by atoms with Crippen molar-refractivity contribution < 1.29 is 9.31 Å². The van der Waals surface area contributed by atoms with Gasteiger partial charge in [-0.2, -0.15) is 0 Å². The third kappa shape index (κ3) is 5.27. The minimum absolute atomic E-state index is 0.260. The Labute approximate surface area is 260 Å². The van der Waals surface area contributed by atoms with Crippen LogP contribution in [0.1, 0.15) is 151 Å². The summed E-state index contributed by atoms with van der Waals surface area (Å²) in [6.07, 6.45) is 17.5. The molecule has 3 heteroatoms. The molecule has 1 aliphatic heterocycles. The van der Waals surface area contributed by atoms with Crippen molar-refractivity contribution in [1.82, 2.24) is 0 Å². The van der Waals surface area contributed by atoms with Gasteiger partial charge in [0.2, 0.25) is 0 Å². The molecule has 4 saturated carbocycles. The number of fused-ring (bicyclic) bond motifs is 5. The van der Waals surface area contributed by atoms with E-state index in [1.54, 1.807) is 5.56 Å². The van der Waals surface area contributed by atoms with Crippen LogP contribution in [0.3, 0.4) is 0 Å². The first-order valence-corrected chi connectivity index (χ1v) is 18.2. The van der Waals surface area contributed by atoms with E-state index in [0.29, 0.717) is 16.7 Å². The molecule has 1 unspecified atom stereocenters. The highest BCUT2D eigenvalue weighted by Gasteiger charge is 2.60. The van der Waals surface area contributed by atoms with Gasteiger partial charge in [0.1, 0.15) is 0 Å². The highest BCUT2D eigenvalue weighted by molar-refractivity contribution is 6.62. The molecular formula is C39H63BO2. The van der Waals surface area contributed by atoms with Gasteiger partial charge in [-0.15, -0.1) is 0 Å². The van der Waals surface area contributed by atoms with E-state index < -0.39 is 0 Å². The van der Waals surface area contributed by atoms with E-state index in [4.69, 9.17) is 9.31 Å². The molecule has 0 spiro atoms. The predicted octanol–water partition coefficient (Wildman–Crippen LogP) is 10.2. The van der Waals surface area contributed by atoms with Gasteiger partial charge in [-0.05, 0) is 155 Å². The molecule has 1 aromatic rings. The van der Waals surface area contributed by atoms with Gasteiger partial charge in [0, 0.05) is 0 Å². The summed E-state index contributed by atoms with van der Waals surface area (Å²) in [5, 5.41) is 0. The quantitative estimate of drug-likeness (QED) is 0.302. The topological polar surface area (TPSA) is 18.5 Å². The van der Waals surface area contributed by atoms with Crippen LogP contribution in [0.25, 0.3) is 0 Å². The number of hydrogen-bond donors (Lipinski definition) is 0. The van der Waals surface area contributed by atoms with Crippen molar-refractivity contribution in [3.05, 3.63) is 29.8 Å². The van der Waals surface area contributed by atoms with Crippen molar-refractivity contribution in [3.63, 3.8) is 0 Å². The van der Waals surface area contributed by atoms with Crippen LogP contribution in [-0.4, -0.2) is 18.3 Å². The van der Waals surface area contributed by atoms with Gasteiger partial charge < -0.3 is 9.31 Å². The fourth-order valence-corrected chi connectivity index (χ4v) is 11.5. The molecule has 9 atom stereocenters. The molecule has 2 nitrogen and oxygen atoms in total. The maximum atomic E-state index is 6.33. The van der Waals surface area contributed by atoms with E-state index in [-0.39, 0.29) is 18.3 Å². The first-order chi connectivity index (χ1) is 19.7. The number of hydrogen-bond acceptors (Lipinski definition) is 2. The van der Waals surface area contributed by atoms with E-state index in [0.717, 1.165) is 46.9 Å². The largest absolute Gasteiger partial charge is 0.494 e. The second-order valence-electron chi connectivity index (χ2n) is 17.9. The lowest BCUT2D eigenvalue weighted by Crippen LogP contribution is -2.53. The lowest BCUT2D eigenvalue weighted by atomic mass is 9.43. The molecule has 5 fully saturated rings. The van der Waals surface area contributed by atoms with Crippen molar-refractivity contribution in [2.45, 2.75) is 156 Å². The minimum atomic E-state index is -0.287. The molecule has 0 radical (unpaired) electrons. The van der Waals surface area contributed by atoms with E-state index in [9.17, 15) is 0 Å². The summed E-state index contributed by atoms with van der Waals surface area (Å²) in [5.74, 6) is 7.30. The zero-order valence-electron chi connectivity index (χ0n) is 28.8. The first kappa shape index (κ1) is 31.2. The lowest BCUT2D eigenvalue weighted by Gasteiger charge is -2.61. The molecule has 0 amide bonds. The highest BCUT2D eigenvalue weighted by Crippen LogP contribution is 2.69. The molecule has 1 heterocycles. The average molecular weight is 575 g/mol. The smallest absolute Gasteiger partial charge is 0.399 e. The SMILES string of the molecule is CC(C)CCC[C@@H](C)[C@H]1CC[C@H]2[C@@H]3CC[C@H]4CC(c5ccc(B6OC(C)(C)C(C)(C)O6)cc5)CC[C@]4(C)[C@H]3CC[C@]12C. The second-order valence-corrected chi connectivity index (χ2v) is 17.9. The summed E-state index contributed by atoms with van der Waals surface area (Å²) < 4.78 is 12.7. The number of rotatable bonds is 7. The second kappa shape index (κ2) is 11.2. The molecule has 234 valence electrons. The van der Waals surface area contributed by atoms with Crippen molar-refractivity contribution >= 4 is 12.6 Å². The van der Waals surface area contributed by atoms with Gasteiger partial charge in [0.05, 0.1) is 11.2 Å². The summed E-state index contributed by atoms with van der Waals surface area (Å²) in [7, 11) is -0.260. The standard InChI is InChI=1S/C39H63BO2/c1-26(2)11-10-12-27(3)33-19-20-34-32-18-15-30-25-29(21-23-38(30,8)35(32)22-24-39(33,34)9)28-13-16-31(17-14-28)40-41-36(4,5)37(6,7)42-40/h13-14,16-17,26-27,29-30,32-35H,10-12,15,18-25H2,1-9H3/t27-,29?,30+,32+,33-,34+,35+,38+,39-/m1/s1. The van der Waals surface area contributed by atoms with E-state index in [1.165, 1.54) is 77.0 Å². The Hall–Kier alpha value is -0.795. The number of benzene rings is 1. The van der Waals surface area contributed by atoms with Crippen LogP contribution in [-0.2, 0) is 9.31 Å². The molecule has 5 aliphatic rings. The molecule has 6 rings (SSSR count). The Kier molecular flexibility index (Phi) is 8.34. The Morgan fingerprint density at radius 3 is 2.05 bits per heavy atom. The Morgan fingerprint density at radius 1 is 0.738 bits per heavy atom. The van der Waals surface area contributed by atoms with Crippen molar-refractivity contribution in [1.29, 1.82) is 0 Å². The molecule has 42 heavy (non-hydrogen) atoms. The van der Waals surface area contributed by atoms with Crippen molar-refractivity contribution in [2.75, 3.05) is 0 Å². The maximum absolute atomic E-state index is 6.33. The van der Waals surface area contributed by atoms with Crippen molar-refractivity contribution in [2.24, 2.45) is 52.3 Å². The normalized spacial score (nSPS) is 41.3. The Morgan fingerprint density at radius 2 is 1.38 bits per heavy atom. The zero-order chi connectivity index (χ0) is 30.1.